The number of nitrogen functional groups attached to an aromatic ring is 1. The number of hydrogen-bond donors (Lipinski definition) is 1. The number of carbonyl (C=O) groups is 1. The summed E-state index contributed by atoms with van der Waals surface area (Å²) >= 11 is 1.30. The van der Waals surface area contributed by atoms with Crippen LogP contribution in [0.5, 0.6) is 0 Å². The number of methoxy groups -OCH3 is 1. The van der Waals surface area contributed by atoms with Crippen molar-refractivity contribution in [2.45, 2.75) is 45.1 Å². The molecule has 0 unspecified atom stereocenters. The number of piperidine rings is 1. The second kappa shape index (κ2) is 7.04. The highest BCUT2D eigenvalue weighted by Gasteiger charge is 2.29. The lowest BCUT2D eigenvalue weighted by Gasteiger charge is -2.35. The largest absolute Gasteiger partial charge is 0.385 e. The van der Waals surface area contributed by atoms with E-state index < -0.39 is 0 Å². The number of likely N-dealkylation sites (tertiary alicyclic amines) is 1. The molecule has 1 aromatic heterocycles. The topological polar surface area (TPSA) is 68.5 Å². The van der Waals surface area contributed by atoms with Crippen LogP contribution in [-0.2, 0) is 4.74 Å². The van der Waals surface area contributed by atoms with Crippen LogP contribution >= 0.6 is 11.3 Å². The Morgan fingerprint density at radius 2 is 2.35 bits per heavy atom. The molecule has 0 spiro atoms. The monoisotopic (exact) mass is 297 g/mol. The van der Waals surface area contributed by atoms with Crippen LogP contribution in [0.4, 0.5) is 5.13 Å². The van der Waals surface area contributed by atoms with Crippen molar-refractivity contribution in [3.05, 3.63) is 10.6 Å². The molecule has 2 N–H and O–H groups in total. The van der Waals surface area contributed by atoms with E-state index in [9.17, 15) is 4.79 Å². The van der Waals surface area contributed by atoms with E-state index in [-0.39, 0.29) is 5.91 Å². The molecule has 1 amide bonds. The van der Waals surface area contributed by atoms with E-state index in [1.165, 1.54) is 17.8 Å². The molecule has 1 aromatic rings. The highest BCUT2D eigenvalue weighted by Crippen LogP contribution is 2.27. The predicted molar refractivity (Wildman–Crippen MR) is 81.0 cm³/mol. The van der Waals surface area contributed by atoms with Crippen molar-refractivity contribution in [2.75, 3.05) is 26.0 Å². The van der Waals surface area contributed by atoms with Gasteiger partial charge in [-0.1, -0.05) is 11.3 Å². The van der Waals surface area contributed by atoms with Gasteiger partial charge in [0.25, 0.3) is 5.91 Å². The third-order valence-electron chi connectivity index (χ3n) is 3.78. The Kier molecular flexibility index (Phi) is 5.37. The summed E-state index contributed by atoms with van der Waals surface area (Å²) in [6.45, 7) is 3.45. The van der Waals surface area contributed by atoms with Crippen molar-refractivity contribution in [3.8, 4) is 0 Å². The molecular weight excluding hydrogens is 274 g/mol. The molecule has 1 aliphatic heterocycles. The first-order valence-electron chi connectivity index (χ1n) is 7.16. The van der Waals surface area contributed by atoms with Gasteiger partial charge in [0.2, 0.25) is 0 Å². The summed E-state index contributed by atoms with van der Waals surface area (Å²) in [5, 5.41) is 0.471. The minimum Gasteiger partial charge on any atom is -0.385 e. The number of aryl methyl sites for hydroxylation is 1. The fourth-order valence-corrected chi connectivity index (χ4v) is 3.57. The Morgan fingerprint density at radius 3 is 3.00 bits per heavy atom. The summed E-state index contributed by atoms with van der Waals surface area (Å²) in [6.07, 6.45) is 5.37. The number of carbonyl (C=O) groups excluding carboxylic acids is 1. The summed E-state index contributed by atoms with van der Waals surface area (Å²) in [4.78, 5) is 19.6. The molecule has 0 aromatic carbocycles. The average Bonchev–Trinajstić information content (AvgIpc) is 2.78. The average molecular weight is 297 g/mol. The molecule has 112 valence electrons. The van der Waals surface area contributed by atoms with Crippen LogP contribution in [0.25, 0.3) is 0 Å². The van der Waals surface area contributed by atoms with Gasteiger partial charge in [0.1, 0.15) is 4.88 Å². The Labute approximate surface area is 124 Å². The molecule has 2 rings (SSSR count). The highest BCUT2D eigenvalue weighted by molar-refractivity contribution is 7.17. The van der Waals surface area contributed by atoms with Crippen molar-refractivity contribution in [1.29, 1.82) is 0 Å². The van der Waals surface area contributed by atoms with Gasteiger partial charge in [-0.15, -0.1) is 0 Å². The molecule has 5 nitrogen and oxygen atoms in total. The van der Waals surface area contributed by atoms with Crippen molar-refractivity contribution in [1.82, 2.24) is 9.88 Å². The summed E-state index contributed by atoms with van der Waals surface area (Å²) in [6, 6.07) is 0.328. The maximum atomic E-state index is 12.7. The highest BCUT2D eigenvalue weighted by atomic mass is 32.1. The van der Waals surface area contributed by atoms with Gasteiger partial charge in [0.05, 0.1) is 5.69 Å². The number of anilines is 1. The molecule has 0 aliphatic carbocycles. The minimum atomic E-state index is 0.0961. The molecule has 1 saturated heterocycles. The van der Waals surface area contributed by atoms with E-state index in [1.54, 1.807) is 7.11 Å². The van der Waals surface area contributed by atoms with Gasteiger partial charge in [0.15, 0.2) is 5.13 Å². The van der Waals surface area contributed by atoms with Crippen LogP contribution in [-0.4, -0.2) is 42.1 Å². The van der Waals surface area contributed by atoms with E-state index in [0.717, 1.165) is 44.5 Å². The smallest absolute Gasteiger partial charge is 0.266 e. The van der Waals surface area contributed by atoms with Crippen LogP contribution < -0.4 is 5.73 Å². The molecule has 1 fully saturated rings. The SMILES string of the molecule is COCCC[C@H]1CCCCN1C(=O)c1sc(N)nc1C. The molecule has 0 radical (unpaired) electrons. The Bertz CT molecular complexity index is 461. The third kappa shape index (κ3) is 3.49. The van der Waals surface area contributed by atoms with Crippen LogP contribution in [0.1, 0.15) is 47.5 Å². The van der Waals surface area contributed by atoms with Crippen molar-refractivity contribution < 1.29 is 9.53 Å². The Balaban J connectivity index is 2.07. The molecule has 20 heavy (non-hydrogen) atoms. The third-order valence-corrected chi connectivity index (χ3v) is 4.76. The quantitative estimate of drug-likeness (QED) is 0.848. The van der Waals surface area contributed by atoms with E-state index in [4.69, 9.17) is 10.5 Å². The normalized spacial score (nSPS) is 19.3. The lowest BCUT2D eigenvalue weighted by Crippen LogP contribution is -2.43. The number of amides is 1. The Hall–Kier alpha value is -1.14. The van der Waals surface area contributed by atoms with Crippen LogP contribution in [0.15, 0.2) is 0 Å². The number of ether oxygens (including phenoxy) is 1. The Morgan fingerprint density at radius 1 is 1.55 bits per heavy atom. The number of nitrogens with two attached hydrogens (primary N) is 1. The van der Waals surface area contributed by atoms with Gasteiger partial charge in [-0.3, -0.25) is 4.79 Å². The van der Waals surface area contributed by atoms with Gasteiger partial charge in [-0.25, -0.2) is 4.98 Å². The summed E-state index contributed by atoms with van der Waals surface area (Å²) in [5.74, 6) is 0.0961. The molecule has 0 bridgehead atoms. The number of rotatable bonds is 5. The zero-order valence-electron chi connectivity index (χ0n) is 12.2. The molecule has 0 saturated carbocycles. The summed E-state index contributed by atoms with van der Waals surface area (Å²) in [5.41, 5.74) is 6.45. The van der Waals surface area contributed by atoms with Crippen LogP contribution in [0.2, 0.25) is 0 Å². The second-order valence-electron chi connectivity index (χ2n) is 5.25. The van der Waals surface area contributed by atoms with Gasteiger partial charge in [0, 0.05) is 26.3 Å². The maximum Gasteiger partial charge on any atom is 0.266 e. The van der Waals surface area contributed by atoms with E-state index in [1.807, 2.05) is 11.8 Å². The molecule has 6 heteroatoms. The number of nitrogens with zero attached hydrogens (tertiary/aromatic N) is 2. The molecule has 1 atom stereocenters. The zero-order chi connectivity index (χ0) is 14.5. The summed E-state index contributed by atoms with van der Waals surface area (Å²) < 4.78 is 5.11. The van der Waals surface area contributed by atoms with E-state index in [2.05, 4.69) is 4.98 Å². The van der Waals surface area contributed by atoms with E-state index in [0.29, 0.717) is 16.1 Å². The standard InChI is InChI=1S/C14H23N3O2S/c1-10-12(20-14(15)16-10)13(18)17-8-4-3-6-11(17)7-5-9-19-2/h11H,3-9H2,1-2H3,(H2,15,16)/t11-/m1/s1. The molecular formula is C14H23N3O2S. The minimum absolute atomic E-state index is 0.0961. The molecule has 1 aliphatic rings. The fourth-order valence-electron chi connectivity index (χ4n) is 2.78. The number of aromatic nitrogens is 1. The van der Waals surface area contributed by atoms with Gasteiger partial charge >= 0.3 is 0 Å². The predicted octanol–water partition coefficient (Wildman–Crippen LogP) is 2.46. The zero-order valence-corrected chi connectivity index (χ0v) is 13.0. The maximum absolute atomic E-state index is 12.7. The van der Waals surface area contributed by atoms with Crippen molar-refractivity contribution in [3.63, 3.8) is 0 Å². The van der Waals surface area contributed by atoms with Gasteiger partial charge < -0.3 is 15.4 Å². The van der Waals surface area contributed by atoms with E-state index >= 15 is 0 Å². The second-order valence-corrected chi connectivity index (χ2v) is 6.28. The lowest BCUT2D eigenvalue weighted by molar-refractivity contribution is 0.0589. The van der Waals surface area contributed by atoms with Crippen LogP contribution in [0, 0.1) is 6.92 Å². The summed E-state index contributed by atoms with van der Waals surface area (Å²) in [7, 11) is 1.72. The number of hydrogen-bond acceptors (Lipinski definition) is 5. The fraction of sp³-hybridized carbons (Fsp3) is 0.714. The first kappa shape index (κ1) is 15.3. The first-order valence-corrected chi connectivity index (χ1v) is 7.98. The molecule has 2 heterocycles. The lowest BCUT2D eigenvalue weighted by atomic mass is 9.97. The van der Waals surface area contributed by atoms with Gasteiger partial charge in [-0.2, -0.15) is 0 Å². The van der Waals surface area contributed by atoms with Gasteiger partial charge in [-0.05, 0) is 39.0 Å². The van der Waals surface area contributed by atoms with Crippen LogP contribution in [0.3, 0.4) is 0 Å². The van der Waals surface area contributed by atoms with Crippen molar-refractivity contribution >= 4 is 22.4 Å². The number of thiazole rings is 1. The first-order chi connectivity index (χ1) is 9.63. The van der Waals surface area contributed by atoms with Crippen molar-refractivity contribution in [2.24, 2.45) is 0 Å².